The molecule has 0 saturated heterocycles. The summed E-state index contributed by atoms with van der Waals surface area (Å²) in [6.07, 6.45) is 3.31. The zero-order chi connectivity index (χ0) is 16.3. The highest BCUT2D eigenvalue weighted by molar-refractivity contribution is 7.89. The molecule has 0 aromatic rings. The van der Waals surface area contributed by atoms with Crippen LogP contribution in [0.4, 0.5) is 4.79 Å². The molecule has 0 heterocycles. The number of carboxylic acids is 1. The van der Waals surface area contributed by atoms with E-state index in [9.17, 15) is 18.0 Å². The van der Waals surface area contributed by atoms with Crippen LogP contribution in [0.5, 0.6) is 0 Å². The van der Waals surface area contributed by atoms with Crippen LogP contribution in [-0.4, -0.2) is 44.4 Å². The molecule has 21 heavy (non-hydrogen) atoms. The van der Waals surface area contributed by atoms with Gasteiger partial charge in [0.15, 0.2) is 0 Å². The highest BCUT2D eigenvalue weighted by Gasteiger charge is 2.11. The molecule has 0 aliphatic heterocycles. The molecule has 0 spiro atoms. The third-order valence-electron chi connectivity index (χ3n) is 2.97. The van der Waals surface area contributed by atoms with Crippen molar-refractivity contribution in [2.75, 3.05) is 18.8 Å². The van der Waals surface area contributed by atoms with E-state index in [-0.39, 0.29) is 24.6 Å². The molecule has 0 aromatic heterocycles. The van der Waals surface area contributed by atoms with Crippen LogP contribution in [0, 0.1) is 5.92 Å². The first-order valence-corrected chi connectivity index (χ1v) is 8.70. The molecular formula is C12H25N3O5S. The van der Waals surface area contributed by atoms with Crippen LogP contribution in [0.3, 0.4) is 0 Å². The molecule has 2 amide bonds. The van der Waals surface area contributed by atoms with Crippen molar-refractivity contribution in [1.82, 2.24) is 10.6 Å². The summed E-state index contributed by atoms with van der Waals surface area (Å²) in [7, 11) is -3.57. The number of carbonyl (C=O) groups excluding carboxylic acids is 1. The Balaban J connectivity index is 3.86. The molecule has 0 aliphatic carbocycles. The number of carbonyl (C=O) groups is 2. The van der Waals surface area contributed by atoms with Crippen LogP contribution < -0.4 is 15.8 Å². The number of nitrogens with one attached hydrogen (secondary N) is 2. The minimum atomic E-state index is -3.57. The van der Waals surface area contributed by atoms with E-state index in [1.165, 1.54) is 0 Å². The van der Waals surface area contributed by atoms with Gasteiger partial charge in [-0.2, -0.15) is 0 Å². The number of sulfonamides is 1. The lowest BCUT2D eigenvalue weighted by Crippen LogP contribution is -2.39. The SMILES string of the molecule is CCCC(CCNC(=O)NCCS(N)(=O)=O)CCC(=O)O. The number of hydrogen-bond donors (Lipinski definition) is 4. The van der Waals surface area contributed by atoms with Gasteiger partial charge >= 0.3 is 12.0 Å². The number of primary sulfonamides is 1. The molecule has 1 unspecified atom stereocenters. The van der Waals surface area contributed by atoms with E-state index in [4.69, 9.17) is 10.2 Å². The van der Waals surface area contributed by atoms with Crippen molar-refractivity contribution in [3.05, 3.63) is 0 Å². The molecule has 0 fully saturated rings. The first-order chi connectivity index (χ1) is 9.74. The van der Waals surface area contributed by atoms with E-state index >= 15 is 0 Å². The maximum Gasteiger partial charge on any atom is 0.314 e. The minimum Gasteiger partial charge on any atom is -0.481 e. The van der Waals surface area contributed by atoms with Gasteiger partial charge in [0.05, 0.1) is 5.75 Å². The van der Waals surface area contributed by atoms with E-state index in [0.29, 0.717) is 19.4 Å². The number of urea groups is 1. The maximum absolute atomic E-state index is 11.4. The van der Waals surface area contributed by atoms with Crippen molar-refractivity contribution in [1.29, 1.82) is 0 Å². The van der Waals surface area contributed by atoms with Gasteiger partial charge in [-0.3, -0.25) is 4.79 Å². The van der Waals surface area contributed by atoms with Crippen LogP contribution >= 0.6 is 0 Å². The van der Waals surface area contributed by atoms with Gasteiger partial charge in [-0.05, 0) is 18.8 Å². The van der Waals surface area contributed by atoms with Gasteiger partial charge in [-0.1, -0.05) is 19.8 Å². The standard InChI is InChI=1S/C12H25N3O5S/c1-2-3-10(4-5-11(16)17)6-7-14-12(18)15-8-9-21(13,19)20/h10H,2-9H2,1H3,(H,16,17)(H2,13,19,20)(H2,14,15,18). The molecule has 1 atom stereocenters. The first-order valence-electron chi connectivity index (χ1n) is 6.98. The van der Waals surface area contributed by atoms with Gasteiger partial charge in [0.1, 0.15) is 0 Å². The number of carboxylic acid groups (broad SMARTS) is 1. The van der Waals surface area contributed by atoms with E-state index in [1.54, 1.807) is 0 Å². The number of nitrogens with two attached hydrogens (primary N) is 1. The topological polar surface area (TPSA) is 139 Å². The van der Waals surface area contributed by atoms with Crippen molar-refractivity contribution in [2.24, 2.45) is 11.1 Å². The third kappa shape index (κ3) is 13.4. The fourth-order valence-corrected chi connectivity index (χ4v) is 2.31. The number of hydrogen-bond acceptors (Lipinski definition) is 4. The summed E-state index contributed by atoms with van der Waals surface area (Å²) in [4.78, 5) is 21.9. The molecule has 0 bridgehead atoms. The molecule has 0 aliphatic rings. The minimum absolute atomic E-state index is 0.0396. The second kappa shape index (κ2) is 10.4. The Morgan fingerprint density at radius 3 is 2.29 bits per heavy atom. The van der Waals surface area contributed by atoms with Gasteiger partial charge in [0.2, 0.25) is 10.0 Å². The van der Waals surface area contributed by atoms with Crippen LogP contribution in [0.1, 0.15) is 39.0 Å². The second-order valence-electron chi connectivity index (χ2n) is 4.93. The highest BCUT2D eigenvalue weighted by Crippen LogP contribution is 2.16. The Kier molecular flexibility index (Phi) is 9.72. The van der Waals surface area contributed by atoms with Gasteiger partial charge < -0.3 is 15.7 Å². The van der Waals surface area contributed by atoms with Crippen molar-refractivity contribution in [2.45, 2.75) is 39.0 Å². The fourth-order valence-electron chi connectivity index (χ4n) is 1.93. The largest absolute Gasteiger partial charge is 0.481 e. The zero-order valence-electron chi connectivity index (χ0n) is 12.3. The van der Waals surface area contributed by atoms with Crippen molar-refractivity contribution >= 4 is 22.0 Å². The monoisotopic (exact) mass is 323 g/mol. The molecule has 0 aromatic carbocycles. The Hall–Kier alpha value is -1.35. The van der Waals surface area contributed by atoms with Crippen LogP contribution in [-0.2, 0) is 14.8 Å². The quantitative estimate of drug-likeness (QED) is 0.431. The molecule has 0 radical (unpaired) electrons. The molecular weight excluding hydrogens is 298 g/mol. The van der Waals surface area contributed by atoms with Crippen LogP contribution in [0.15, 0.2) is 0 Å². The summed E-state index contributed by atoms with van der Waals surface area (Å²) in [5, 5.41) is 18.5. The zero-order valence-corrected chi connectivity index (χ0v) is 13.1. The average Bonchev–Trinajstić information content (AvgIpc) is 2.34. The van der Waals surface area contributed by atoms with Crippen LogP contribution in [0.2, 0.25) is 0 Å². The first kappa shape index (κ1) is 19.7. The van der Waals surface area contributed by atoms with E-state index in [2.05, 4.69) is 10.6 Å². The summed E-state index contributed by atoms with van der Waals surface area (Å²) >= 11 is 0. The summed E-state index contributed by atoms with van der Waals surface area (Å²) in [5.41, 5.74) is 0. The second-order valence-corrected chi connectivity index (χ2v) is 6.66. The third-order valence-corrected chi connectivity index (χ3v) is 3.75. The summed E-state index contributed by atoms with van der Waals surface area (Å²) in [6.45, 7) is 2.41. The number of amides is 2. The average molecular weight is 323 g/mol. The number of rotatable bonds is 11. The lowest BCUT2D eigenvalue weighted by molar-refractivity contribution is -0.137. The van der Waals surface area contributed by atoms with Gasteiger partial charge in [-0.15, -0.1) is 0 Å². The van der Waals surface area contributed by atoms with Crippen LogP contribution in [0.25, 0.3) is 0 Å². The number of aliphatic carboxylic acids is 1. The molecule has 124 valence electrons. The predicted molar refractivity (Wildman–Crippen MR) is 79.3 cm³/mol. The van der Waals surface area contributed by atoms with E-state index in [1.807, 2.05) is 6.92 Å². The maximum atomic E-state index is 11.4. The molecule has 5 N–H and O–H groups in total. The molecule has 0 saturated carbocycles. The highest BCUT2D eigenvalue weighted by atomic mass is 32.2. The van der Waals surface area contributed by atoms with Crippen molar-refractivity contribution in [3.63, 3.8) is 0 Å². The normalized spacial score (nSPS) is 12.7. The Morgan fingerprint density at radius 2 is 1.76 bits per heavy atom. The summed E-state index contributed by atoms with van der Waals surface area (Å²) in [6, 6.07) is -0.452. The lowest BCUT2D eigenvalue weighted by atomic mass is 9.94. The molecule has 9 heteroatoms. The molecule has 0 rings (SSSR count). The molecule has 8 nitrogen and oxygen atoms in total. The van der Waals surface area contributed by atoms with Crippen molar-refractivity contribution < 1.29 is 23.1 Å². The van der Waals surface area contributed by atoms with Gasteiger partial charge in [0, 0.05) is 19.5 Å². The Bertz CT molecular complexity index is 425. The predicted octanol–water partition coefficient (Wildman–Crippen LogP) is 0.245. The lowest BCUT2D eigenvalue weighted by Gasteiger charge is -2.15. The summed E-state index contributed by atoms with van der Waals surface area (Å²) in [5.74, 6) is -0.863. The Morgan fingerprint density at radius 1 is 1.14 bits per heavy atom. The summed E-state index contributed by atoms with van der Waals surface area (Å²) < 4.78 is 21.3. The van der Waals surface area contributed by atoms with Gasteiger partial charge in [-0.25, -0.2) is 18.4 Å². The van der Waals surface area contributed by atoms with E-state index < -0.39 is 22.0 Å². The van der Waals surface area contributed by atoms with E-state index in [0.717, 1.165) is 12.8 Å². The van der Waals surface area contributed by atoms with Crippen molar-refractivity contribution in [3.8, 4) is 0 Å². The van der Waals surface area contributed by atoms with Gasteiger partial charge in [0.25, 0.3) is 0 Å². The fraction of sp³-hybridized carbons (Fsp3) is 0.833. The smallest absolute Gasteiger partial charge is 0.314 e. The Labute approximate surface area is 125 Å².